The van der Waals surface area contributed by atoms with Crippen molar-refractivity contribution in [2.24, 2.45) is 0 Å². The molecule has 0 saturated carbocycles. The Balaban J connectivity index is 1.38. The van der Waals surface area contributed by atoms with Gasteiger partial charge in [0.2, 0.25) is 11.8 Å². The molecule has 0 radical (unpaired) electrons. The number of carbonyl (C=O) groups is 2. The Kier molecular flexibility index (Phi) is 6.54. The fourth-order valence-electron chi connectivity index (χ4n) is 2.96. The normalized spacial score (nSPS) is 14.1. The molecule has 2 heterocycles. The van der Waals surface area contributed by atoms with Crippen LogP contribution in [0.4, 0.5) is 15.9 Å². The molecule has 1 N–H and O–H groups in total. The molecule has 7 nitrogen and oxygen atoms in total. The smallest absolute Gasteiger partial charge is 0.250 e. The summed E-state index contributed by atoms with van der Waals surface area (Å²) in [5, 5.41) is 2.44. The van der Waals surface area contributed by atoms with Crippen molar-refractivity contribution in [2.45, 2.75) is 6.92 Å². The van der Waals surface area contributed by atoms with E-state index in [4.69, 9.17) is 4.74 Å². The van der Waals surface area contributed by atoms with E-state index in [2.05, 4.69) is 15.2 Å². The molecule has 0 bridgehead atoms. The van der Waals surface area contributed by atoms with E-state index in [-0.39, 0.29) is 24.8 Å². The second-order valence-electron chi connectivity index (χ2n) is 6.58. The van der Waals surface area contributed by atoms with E-state index < -0.39 is 11.7 Å². The predicted molar refractivity (Wildman–Crippen MR) is 104 cm³/mol. The SMILES string of the molecule is Cc1ccc(NC(=O)COCC(=O)N2CCN(c3ccccn3)CC2)c(F)c1. The second kappa shape index (κ2) is 9.27. The number of halogens is 1. The van der Waals surface area contributed by atoms with Crippen molar-refractivity contribution >= 4 is 23.3 Å². The van der Waals surface area contributed by atoms with Gasteiger partial charge in [-0.05, 0) is 36.8 Å². The molecule has 0 aliphatic carbocycles. The molecule has 3 rings (SSSR count). The van der Waals surface area contributed by atoms with E-state index in [0.717, 1.165) is 11.4 Å². The Morgan fingerprint density at radius 2 is 1.93 bits per heavy atom. The quantitative estimate of drug-likeness (QED) is 0.820. The molecule has 1 aromatic heterocycles. The van der Waals surface area contributed by atoms with Crippen LogP contribution in [0.5, 0.6) is 0 Å². The van der Waals surface area contributed by atoms with Crippen molar-refractivity contribution < 1.29 is 18.7 Å². The number of hydrogen-bond donors (Lipinski definition) is 1. The first-order chi connectivity index (χ1) is 13.5. The highest BCUT2D eigenvalue weighted by Gasteiger charge is 2.22. The van der Waals surface area contributed by atoms with Crippen LogP contribution in [0.15, 0.2) is 42.6 Å². The zero-order chi connectivity index (χ0) is 19.9. The molecular weight excluding hydrogens is 363 g/mol. The van der Waals surface area contributed by atoms with Crippen LogP contribution in [0.3, 0.4) is 0 Å². The van der Waals surface area contributed by atoms with Crippen molar-refractivity contribution in [3.63, 3.8) is 0 Å². The number of rotatable bonds is 6. The number of carbonyl (C=O) groups excluding carboxylic acids is 2. The minimum atomic E-state index is -0.504. The Bertz CT molecular complexity index is 823. The van der Waals surface area contributed by atoms with Crippen molar-refractivity contribution in [1.29, 1.82) is 0 Å². The number of nitrogens with one attached hydrogen (secondary N) is 1. The monoisotopic (exact) mass is 386 g/mol. The number of amides is 2. The maximum Gasteiger partial charge on any atom is 0.250 e. The van der Waals surface area contributed by atoms with Crippen molar-refractivity contribution in [3.05, 3.63) is 54.0 Å². The Morgan fingerprint density at radius 1 is 1.14 bits per heavy atom. The summed E-state index contributed by atoms with van der Waals surface area (Å²) in [5.74, 6) is -0.286. The van der Waals surface area contributed by atoms with Crippen LogP contribution < -0.4 is 10.2 Å². The summed E-state index contributed by atoms with van der Waals surface area (Å²) < 4.78 is 18.9. The summed E-state index contributed by atoms with van der Waals surface area (Å²) in [6, 6.07) is 10.3. The highest BCUT2D eigenvalue weighted by atomic mass is 19.1. The lowest BCUT2D eigenvalue weighted by atomic mass is 10.2. The third-order valence-electron chi connectivity index (χ3n) is 4.46. The van der Waals surface area contributed by atoms with E-state index >= 15 is 0 Å². The third kappa shape index (κ3) is 5.26. The number of aryl methyl sites for hydroxylation is 1. The molecule has 1 aromatic carbocycles. The fraction of sp³-hybridized carbons (Fsp3) is 0.350. The van der Waals surface area contributed by atoms with Gasteiger partial charge in [-0.3, -0.25) is 9.59 Å². The van der Waals surface area contributed by atoms with Gasteiger partial charge in [0, 0.05) is 32.4 Å². The highest BCUT2D eigenvalue weighted by molar-refractivity contribution is 5.92. The van der Waals surface area contributed by atoms with Gasteiger partial charge in [0.15, 0.2) is 0 Å². The first-order valence-corrected chi connectivity index (χ1v) is 9.10. The number of ether oxygens (including phenoxy) is 1. The summed E-state index contributed by atoms with van der Waals surface area (Å²) in [7, 11) is 0. The van der Waals surface area contributed by atoms with Gasteiger partial charge >= 0.3 is 0 Å². The third-order valence-corrected chi connectivity index (χ3v) is 4.46. The van der Waals surface area contributed by atoms with Crippen molar-refractivity contribution in [3.8, 4) is 0 Å². The van der Waals surface area contributed by atoms with Crippen molar-refractivity contribution in [1.82, 2.24) is 9.88 Å². The van der Waals surface area contributed by atoms with Crippen LogP contribution in [0.2, 0.25) is 0 Å². The lowest BCUT2D eigenvalue weighted by molar-refractivity contribution is -0.137. The number of piperazine rings is 1. The molecule has 0 unspecified atom stereocenters. The van der Waals surface area contributed by atoms with Gasteiger partial charge in [-0.15, -0.1) is 0 Å². The molecule has 2 aromatic rings. The van der Waals surface area contributed by atoms with Gasteiger partial charge in [-0.25, -0.2) is 9.37 Å². The first kappa shape index (κ1) is 19.8. The Morgan fingerprint density at radius 3 is 2.61 bits per heavy atom. The van der Waals surface area contributed by atoms with Crippen LogP contribution in [0.1, 0.15) is 5.56 Å². The molecule has 0 spiro atoms. The van der Waals surface area contributed by atoms with E-state index in [1.165, 1.54) is 12.1 Å². The maximum atomic E-state index is 13.7. The standard InChI is InChI=1S/C20H23FN4O3/c1-15-5-6-17(16(21)12-15)23-19(26)13-28-14-20(27)25-10-8-24(9-11-25)18-4-2-3-7-22-18/h2-7,12H,8-11,13-14H2,1H3,(H,23,26). The summed E-state index contributed by atoms with van der Waals surface area (Å²) in [6.45, 7) is 3.78. The molecule has 148 valence electrons. The van der Waals surface area contributed by atoms with E-state index in [9.17, 15) is 14.0 Å². The average molecular weight is 386 g/mol. The first-order valence-electron chi connectivity index (χ1n) is 9.10. The Hall–Kier alpha value is -3.00. The number of aromatic nitrogens is 1. The maximum absolute atomic E-state index is 13.7. The lowest BCUT2D eigenvalue weighted by Gasteiger charge is -2.35. The van der Waals surface area contributed by atoms with Crippen LogP contribution >= 0.6 is 0 Å². The number of benzene rings is 1. The molecule has 2 amide bonds. The summed E-state index contributed by atoms with van der Waals surface area (Å²) in [6.07, 6.45) is 1.74. The van der Waals surface area contributed by atoms with Gasteiger partial charge in [-0.1, -0.05) is 12.1 Å². The van der Waals surface area contributed by atoms with Gasteiger partial charge < -0.3 is 19.9 Å². The second-order valence-corrected chi connectivity index (χ2v) is 6.58. The van der Waals surface area contributed by atoms with Gasteiger partial charge in [-0.2, -0.15) is 0 Å². The zero-order valence-electron chi connectivity index (χ0n) is 15.7. The van der Waals surface area contributed by atoms with E-state index in [1.54, 1.807) is 24.1 Å². The van der Waals surface area contributed by atoms with Gasteiger partial charge in [0.05, 0.1) is 5.69 Å². The predicted octanol–water partition coefficient (Wildman–Crippen LogP) is 1.83. The molecule has 0 atom stereocenters. The number of hydrogen-bond acceptors (Lipinski definition) is 5. The van der Waals surface area contributed by atoms with Crippen molar-refractivity contribution in [2.75, 3.05) is 49.6 Å². The number of nitrogens with zero attached hydrogens (tertiary/aromatic N) is 3. The van der Waals surface area contributed by atoms with E-state index in [0.29, 0.717) is 26.2 Å². The van der Waals surface area contributed by atoms with Crippen LogP contribution in [0.25, 0.3) is 0 Å². The molecule has 8 heteroatoms. The number of anilines is 2. The Labute approximate surface area is 163 Å². The number of pyridine rings is 1. The molecular formula is C20H23FN4O3. The lowest BCUT2D eigenvalue weighted by Crippen LogP contribution is -2.50. The minimum absolute atomic E-state index is 0.0937. The zero-order valence-corrected chi connectivity index (χ0v) is 15.7. The van der Waals surface area contributed by atoms with Gasteiger partial charge in [0.25, 0.3) is 0 Å². The molecule has 1 fully saturated rings. The summed E-state index contributed by atoms with van der Waals surface area (Å²) in [4.78, 5) is 32.3. The minimum Gasteiger partial charge on any atom is -0.362 e. The van der Waals surface area contributed by atoms with Gasteiger partial charge in [0.1, 0.15) is 24.8 Å². The molecule has 1 aliphatic rings. The molecule has 1 saturated heterocycles. The van der Waals surface area contributed by atoms with E-state index in [1.807, 2.05) is 18.2 Å². The molecule has 28 heavy (non-hydrogen) atoms. The van der Waals surface area contributed by atoms with Crippen LogP contribution in [-0.4, -0.2) is 61.1 Å². The van der Waals surface area contributed by atoms with Crippen LogP contribution in [-0.2, 0) is 14.3 Å². The molecule has 1 aliphatic heterocycles. The topological polar surface area (TPSA) is 74.8 Å². The average Bonchev–Trinajstić information content (AvgIpc) is 2.71. The summed E-state index contributed by atoms with van der Waals surface area (Å²) in [5.41, 5.74) is 0.858. The van der Waals surface area contributed by atoms with Crippen LogP contribution in [0, 0.1) is 12.7 Å². The fourth-order valence-corrected chi connectivity index (χ4v) is 2.96. The summed E-state index contributed by atoms with van der Waals surface area (Å²) >= 11 is 0. The largest absolute Gasteiger partial charge is 0.362 e. The highest BCUT2D eigenvalue weighted by Crippen LogP contribution is 2.15.